The minimum atomic E-state index is -0.486. The number of amides is 1. The lowest BCUT2D eigenvalue weighted by Crippen LogP contribution is -2.42. The minimum absolute atomic E-state index is 0.250. The highest BCUT2D eigenvalue weighted by Gasteiger charge is 2.27. The number of benzene rings is 2. The maximum Gasteiger partial charge on any atom is 0.410 e. The minimum Gasteiger partial charge on any atom is -0.464 e. The second-order valence-corrected chi connectivity index (χ2v) is 9.46. The standard InChI is InChI=1S/C26H30N4O3/c1-26(2,3)33-25(31)29-14-12-19(13-15-29)18-32-24-28-22-10-6-7-11-23(22)30(24)17-21-9-5-4-8-20(21)16-27/h4-11,19H,12-15,17-18H2,1-3H3. The van der Waals surface area contributed by atoms with E-state index in [4.69, 9.17) is 14.5 Å². The molecule has 2 aromatic carbocycles. The van der Waals surface area contributed by atoms with Gasteiger partial charge in [0.25, 0.3) is 6.01 Å². The molecule has 0 spiro atoms. The number of likely N-dealkylation sites (tertiary alicyclic amines) is 1. The van der Waals surface area contributed by atoms with Gasteiger partial charge >= 0.3 is 6.09 Å². The van der Waals surface area contributed by atoms with Crippen LogP contribution in [0.3, 0.4) is 0 Å². The normalized spacial score (nSPS) is 14.8. The molecular weight excluding hydrogens is 416 g/mol. The molecule has 3 aromatic rings. The van der Waals surface area contributed by atoms with Crippen molar-refractivity contribution in [2.45, 2.75) is 45.8 Å². The van der Waals surface area contributed by atoms with Crippen molar-refractivity contribution in [3.63, 3.8) is 0 Å². The second kappa shape index (κ2) is 9.53. The first-order valence-electron chi connectivity index (χ1n) is 11.4. The van der Waals surface area contributed by atoms with Crippen LogP contribution in [0.25, 0.3) is 11.0 Å². The quantitative estimate of drug-likeness (QED) is 0.552. The smallest absolute Gasteiger partial charge is 0.410 e. The average molecular weight is 447 g/mol. The van der Waals surface area contributed by atoms with Gasteiger partial charge in [-0.1, -0.05) is 30.3 Å². The zero-order valence-electron chi connectivity index (χ0n) is 19.5. The highest BCUT2D eigenvalue weighted by atomic mass is 16.6. The highest BCUT2D eigenvalue weighted by molar-refractivity contribution is 5.76. The Kier molecular flexibility index (Phi) is 6.55. The van der Waals surface area contributed by atoms with Crippen LogP contribution in [0.5, 0.6) is 6.01 Å². The molecule has 7 heteroatoms. The van der Waals surface area contributed by atoms with Crippen LogP contribution in [0.1, 0.15) is 44.7 Å². The molecule has 0 unspecified atom stereocenters. The zero-order chi connectivity index (χ0) is 23.4. The molecule has 1 aliphatic rings. The largest absolute Gasteiger partial charge is 0.464 e. The lowest BCUT2D eigenvalue weighted by Gasteiger charge is -2.33. The van der Waals surface area contributed by atoms with Gasteiger partial charge in [-0.3, -0.25) is 4.57 Å². The maximum atomic E-state index is 12.3. The van der Waals surface area contributed by atoms with E-state index in [9.17, 15) is 10.1 Å². The number of imidazole rings is 1. The molecular formula is C26H30N4O3. The number of aromatic nitrogens is 2. The Morgan fingerprint density at radius 1 is 1.12 bits per heavy atom. The Balaban J connectivity index is 1.44. The summed E-state index contributed by atoms with van der Waals surface area (Å²) in [6, 6.07) is 18.3. The molecule has 1 amide bonds. The number of nitrogens with zero attached hydrogens (tertiary/aromatic N) is 4. The fourth-order valence-corrected chi connectivity index (χ4v) is 4.06. The number of fused-ring (bicyclic) bond motifs is 1. The van der Waals surface area contributed by atoms with Gasteiger partial charge in [0.1, 0.15) is 5.60 Å². The van der Waals surface area contributed by atoms with E-state index in [1.54, 1.807) is 4.90 Å². The predicted molar refractivity (Wildman–Crippen MR) is 126 cm³/mol. The number of hydrogen-bond acceptors (Lipinski definition) is 5. The summed E-state index contributed by atoms with van der Waals surface area (Å²) in [6.45, 7) is 8.01. The van der Waals surface area contributed by atoms with Crippen LogP contribution in [0.15, 0.2) is 48.5 Å². The van der Waals surface area contributed by atoms with Gasteiger partial charge < -0.3 is 14.4 Å². The lowest BCUT2D eigenvalue weighted by atomic mass is 9.98. The van der Waals surface area contributed by atoms with Crippen molar-refractivity contribution < 1.29 is 14.3 Å². The van der Waals surface area contributed by atoms with E-state index < -0.39 is 5.60 Å². The molecule has 0 bridgehead atoms. The van der Waals surface area contributed by atoms with Gasteiger partial charge in [0, 0.05) is 13.1 Å². The highest BCUT2D eigenvalue weighted by Crippen LogP contribution is 2.26. The number of para-hydroxylation sites is 2. The van der Waals surface area contributed by atoms with Crippen molar-refractivity contribution in [1.29, 1.82) is 5.26 Å². The van der Waals surface area contributed by atoms with Crippen molar-refractivity contribution in [1.82, 2.24) is 14.5 Å². The molecule has 7 nitrogen and oxygen atoms in total. The maximum absolute atomic E-state index is 12.3. The van der Waals surface area contributed by atoms with Crippen LogP contribution >= 0.6 is 0 Å². The number of hydrogen-bond donors (Lipinski definition) is 0. The molecule has 0 N–H and O–H groups in total. The van der Waals surface area contributed by atoms with Gasteiger partial charge in [-0.25, -0.2) is 4.79 Å². The van der Waals surface area contributed by atoms with Gasteiger partial charge in [-0.2, -0.15) is 10.2 Å². The Bertz CT molecular complexity index is 1160. The summed E-state index contributed by atoms with van der Waals surface area (Å²) in [5.74, 6) is 0.336. The Morgan fingerprint density at radius 3 is 2.55 bits per heavy atom. The van der Waals surface area contributed by atoms with Gasteiger partial charge in [0.2, 0.25) is 0 Å². The lowest BCUT2D eigenvalue weighted by molar-refractivity contribution is 0.0162. The van der Waals surface area contributed by atoms with Gasteiger partial charge in [-0.05, 0) is 63.3 Å². The van der Waals surface area contributed by atoms with Crippen molar-refractivity contribution >= 4 is 17.1 Å². The number of carbonyl (C=O) groups is 1. The molecule has 4 rings (SSSR count). The first-order chi connectivity index (χ1) is 15.8. The van der Waals surface area contributed by atoms with Gasteiger partial charge in [-0.15, -0.1) is 0 Å². The van der Waals surface area contributed by atoms with Crippen LogP contribution in [0.4, 0.5) is 4.79 Å². The average Bonchev–Trinajstić information content (AvgIpc) is 3.14. The topological polar surface area (TPSA) is 80.4 Å². The van der Waals surface area contributed by atoms with Crippen molar-refractivity contribution in [3.8, 4) is 12.1 Å². The molecule has 172 valence electrons. The SMILES string of the molecule is CC(C)(C)OC(=O)N1CCC(COc2nc3ccccc3n2Cc2ccccc2C#N)CC1. The van der Waals surface area contributed by atoms with E-state index in [-0.39, 0.29) is 6.09 Å². The third kappa shape index (κ3) is 5.46. The summed E-state index contributed by atoms with van der Waals surface area (Å²) in [4.78, 5) is 18.8. The number of carbonyl (C=O) groups excluding carboxylic acids is 1. The van der Waals surface area contributed by atoms with Crippen LogP contribution in [-0.2, 0) is 11.3 Å². The fraction of sp³-hybridized carbons (Fsp3) is 0.423. The van der Waals surface area contributed by atoms with Crippen molar-refractivity contribution in [3.05, 3.63) is 59.7 Å². The molecule has 2 heterocycles. The van der Waals surface area contributed by atoms with E-state index in [1.165, 1.54) is 0 Å². The van der Waals surface area contributed by atoms with E-state index in [0.29, 0.717) is 43.7 Å². The second-order valence-electron chi connectivity index (χ2n) is 9.46. The van der Waals surface area contributed by atoms with Crippen molar-refractivity contribution in [2.24, 2.45) is 5.92 Å². The molecule has 1 fully saturated rings. The number of piperidine rings is 1. The Labute approximate surface area is 194 Å². The van der Waals surface area contributed by atoms with Gasteiger partial charge in [0.05, 0.1) is 35.8 Å². The molecule has 0 radical (unpaired) electrons. The molecule has 1 aliphatic heterocycles. The third-order valence-corrected chi connectivity index (χ3v) is 5.80. The summed E-state index contributed by atoms with van der Waals surface area (Å²) < 4.78 is 13.7. The monoisotopic (exact) mass is 446 g/mol. The first kappa shape index (κ1) is 22.7. The van der Waals surface area contributed by atoms with Crippen LogP contribution < -0.4 is 4.74 Å². The number of rotatable bonds is 5. The molecule has 33 heavy (non-hydrogen) atoms. The number of ether oxygens (including phenoxy) is 2. The van der Waals surface area contributed by atoms with E-state index in [0.717, 1.165) is 29.4 Å². The Morgan fingerprint density at radius 2 is 1.82 bits per heavy atom. The van der Waals surface area contributed by atoms with Crippen LogP contribution in [0, 0.1) is 17.2 Å². The summed E-state index contributed by atoms with van der Waals surface area (Å²) >= 11 is 0. The van der Waals surface area contributed by atoms with E-state index in [1.807, 2.05) is 73.9 Å². The summed E-state index contributed by atoms with van der Waals surface area (Å²) in [5.41, 5.74) is 2.93. The first-order valence-corrected chi connectivity index (χ1v) is 11.4. The van der Waals surface area contributed by atoms with E-state index >= 15 is 0 Å². The molecule has 0 saturated carbocycles. The zero-order valence-corrected chi connectivity index (χ0v) is 19.5. The number of nitriles is 1. The molecule has 1 aromatic heterocycles. The van der Waals surface area contributed by atoms with Gasteiger partial charge in [0.15, 0.2) is 0 Å². The summed E-state index contributed by atoms with van der Waals surface area (Å²) in [5, 5.41) is 9.48. The fourth-order valence-electron chi connectivity index (χ4n) is 4.06. The molecule has 0 atom stereocenters. The summed E-state index contributed by atoms with van der Waals surface area (Å²) in [7, 11) is 0. The Hall–Kier alpha value is -3.53. The predicted octanol–water partition coefficient (Wildman–Crippen LogP) is 4.98. The molecule has 0 aliphatic carbocycles. The molecule has 1 saturated heterocycles. The summed E-state index contributed by atoms with van der Waals surface area (Å²) in [6.07, 6.45) is 1.47. The van der Waals surface area contributed by atoms with Crippen molar-refractivity contribution in [2.75, 3.05) is 19.7 Å². The van der Waals surface area contributed by atoms with E-state index in [2.05, 4.69) is 6.07 Å². The third-order valence-electron chi connectivity index (χ3n) is 5.80. The van der Waals surface area contributed by atoms with Crippen LogP contribution in [0.2, 0.25) is 0 Å². The van der Waals surface area contributed by atoms with Crippen LogP contribution in [-0.4, -0.2) is 45.8 Å².